The highest BCUT2D eigenvalue weighted by atomic mass is 79.9. The molecule has 0 spiro atoms. The van der Waals surface area contributed by atoms with Crippen LogP contribution in [0.4, 0.5) is 0 Å². The molecule has 0 bridgehead atoms. The van der Waals surface area contributed by atoms with Crippen LogP contribution in [0.25, 0.3) is 11.5 Å². The summed E-state index contributed by atoms with van der Waals surface area (Å²) in [7, 11) is 0. The molecule has 5 nitrogen and oxygen atoms in total. The highest BCUT2D eigenvalue weighted by Crippen LogP contribution is 2.21. The van der Waals surface area contributed by atoms with E-state index in [1.54, 1.807) is 0 Å². The maximum Gasteiger partial charge on any atom is 0.247 e. The van der Waals surface area contributed by atoms with Gasteiger partial charge in [-0.3, -0.25) is 0 Å². The Morgan fingerprint density at radius 1 is 1.05 bits per heavy atom. The van der Waals surface area contributed by atoms with Crippen LogP contribution in [0, 0.1) is 13.8 Å². The van der Waals surface area contributed by atoms with Crippen LogP contribution in [0.3, 0.4) is 0 Å². The first kappa shape index (κ1) is 14.0. The number of hydrogen-bond acceptors (Lipinski definition) is 5. The average Bonchev–Trinajstić information content (AvgIpc) is 3.06. The van der Waals surface area contributed by atoms with Crippen molar-refractivity contribution in [2.24, 2.45) is 0 Å². The Balaban J connectivity index is 1.72. The van der Waals surface area contributed by atoms with Crippen molar-refractivity contribution in [1.29, 1.82) is 0 Å². The van der Waals surface area contributed by atoms with E-state index in [-0.39, 0.29) is 0 Å². The second-order valence-electron chi connectivity index (χ2n) is 4.81. The summed E-state index contributed by atoms with van der Waals surface area (Å²) < 4.78 is 11.9. The Morgan fingerprint density at radius 2 is 1.81 bits per heavy atom. The predicted molar refractivity (Wildman–Crippen MR) is 80.8 cm³/mol. The summed E-state index contributed by atoms with van der Waals surface area (Å²) in [5.74, 6) is 2.00. The van der Waals surface area contributed by atoms with Gasteiger partial charge in [-0.2, -0.15) is 0 Å². The monoisotopic (exact) mass is 347 g/mol. The van der Waals surface area contributed by atoms with Crippen LogP contribution in [-0.2, 0) is 12.8 Å². The van der Waals surface area contributed by atoms with Crippen molar-refractivity contribution in [2.45, 2.75) is 26.7 Å². The van der Waals surface area contributed by atoms with Crippen molar-refractivity contribution in [3.8, 4) is 11.5 Å². The lowest BCUT2D eigenvalue weighted by Gasteiger charge is -1.97. The number of rotatable bonds is 4. The van der Waals surface area contributed by atoms with Gasteiger partial charge in [-0.25, -0.2) is 0 Å². The second-order valence-corrected chi connectivity index (χ2v) is 5.73. The Hall–Kier alpha value is -1.95. The number of nitrogens with zero attached hydrogens (tertiary/aromatic N) is 3. The van der Waals surface area contributed by atoms with Crippen LogP contribution < -0.4 is 0 Å². The summed E-state index contributed by atoms with van der Waals surface area (Å²) >= 11 is 3.40. The fourth-order valence-corrected chi connectivity index (χ4v) is 2.42. The molecule has 21 heavy (non-hydrogen) atoms. The molecule has 1 aromatic carbocycles. The van der Waals surface area contributed by atoms with Crippen LogP contribution in [0.15, 0.2) is 37.7 Å². The molecule has 0 saturated heterocycles. The van der Waals surface area contributed by atoms with Gasteiger partial charge in [0.1, 0.15) is 5.76 Å². The first-order valence-corrected chi connectivity index (χ1v) is 7.43. The van der Waals surface area contributed by atoms with Gasteiger partial charge in [-0.15, -0.1) is 10.2 Å². The zero-order valence-electron chi connectivity index (χ0n) is 11.8. The number of halogens is 1. The lowest BCUT2D eigenvalue weighted by atomic mass is 10.1. The van der Waals surface area contributed by atoms with E-state index >= 15 is 0 Å². The van der Waals surface area contributed by atoms with Crippen LogP contribution in [0.2, 0.25) is 0 Å². The lowest BCUT2D eigenvalue weighted by Crippen LogP contribution is -1.94. The summed E-state index contributed by atoms with van der Waals surface area (Å²) in [6.07, 6.45) is 1.45. The topological polar surface area (TPSA) is 65.0 Å². The van der Waals surface area contributed by atoms with Crippen molar-refractivity contribution < 1.29 is 8.94 Å². The molecule has 2 heterocycles. The Morgan fingerprint density at radius 3 is 2.48 bits per heavy atom. The first-order chi connectivity index (χ1) is 10.1. The minimum atomic E-state index is 0.538. The van der Waals surface area contributed by atoms with Crippen molar-refractivity contribution in [3.05, 3.63) is 51.6 Å². The van der Waals surface area contributed by atoms with Crippen molar-refractivity contribution in [2.75, 3.05) is 0 Å². The SMILES string of the molecule is Cc1noc(C)c1CCc1nnc(-c2ccc(Br)cc2)o1. The molecule has 0 saturated carbocycles. The van der Waals surface area contributed by atoms with E-state index in [4.69, 9.17) is 8.94 Å². The van der Waals surface area contributed by atoms with Crippen molar-refractivity contribution in [3.63, 3.8) is 0 Å². The largest absolute Gasteiger partial charge is 0.421 e. The molecule has 6 heteroatoms. The normalized spacial score (nSPS) is 11.0. The zero-order chi connectivity index (χ0) is 14.8. The molecule has 3 rings (SSSR count). The number of benzene rings is 1. The highest BCUT2D eigenvalue weighted by molar-refractivity contribution is 9.10. The van der Waals surface area contributed by atoms with Crippen LogP contribution in [0.5, 0.6) is 0 Å². The number of aromatic nitrogens is 3. The number of hydrogen-bond donors (Lipinski definition) is 0. The molecular formula is C15H14BrN3O2. The molecule has 0 aliphatic rings. The van der Waals surface area contributed by atoms with Gasteiger partial charge in [-0.1, -0.05) is 21.1 Å². The van der Waals surface area contributed by atoms with E-state index in [0.29, 0.717) is 18.2 Å². The van der Waals surface area contributed by atoms with Crippen molar-refractivity contribution >= 4 is 15.9 Å². The Labute approximate surface area is 130 Å². The highest BCUT2D eigenvalue weighted by Gasteiger charge is 2.12. The smallest absolute Gasteiger partial charge is 0.247 e. The van der Waals surface area contributed by atoms with E-state index in [0.717, 1.165) is 33.5 Å². The molecule has 0 amide bonds. The molecule has 3 aromatic rings. The summed E-state index contributed by atoms with van der Waals surface area (Å²) in [5.41, 5.74) is 2.94. The summed E-state index contributed by atoms with van der Waals surface area (Å²) in [6, 6.07) is 7.78. The van der Waals surface area contributed by atoms with Gasteiger partial charge in [0.15, 0.2) is 0 Å². The minimum Gasteiger partial charge on any atom is -0.421 e. The quantitative estimate of drug-likeness (QED) is 0.716. The second kappa shape index (κ2) is 5.81. The lowest BCUT2D eigenvalue weighted by molar-refractivity contribution is 0.392. The van der Waals surface area contributed by atoms with Crippen molar-refractivity contribution in [1.82, 2.24) is 15.4 Å². The maximum atomic E-state index is 5.70. The molecule has 0 aliphatic carbocycles. The van der Waals surface area contributed by atoms with Gasteiger partial charge in [0.25, 0.3) is 0 Å². The molecule has 0 fully saturated rings. The van der Waals surface area contributed by atoms with E-state index in [1.165, 1.54) is 0 Å². The van der Waals surface area contributed by atoms with Gasteiger partial charge >= 0.3 is 0 Å². The molecule has 2 aromatic heterocycles. The summed E-state index contributed by atoms with van der Waals surface area (Å²) in [6.45, 7) is 3.85. The zero-order valence-corrected chi connectivity index (χ0v) is 13.3. The third-order valence-electron chi connectivity index (χ3n) is 3.33. The molecule has 0 unspecified atom stereocenters. The van der Waals surface area contributed by atoms with Gasteiger partial charge < -0.3 is 8.94 Å². The predicted octanol–water partition coefficient (Wildman–Crippen LogP) is 3.89. The van der Waals surface area contributed by atoms with Crippen LogP contribution in [-0.4, -0.2) is 15.4 Å². The molecule has 0 aliphatic heterocycles. The van der Waals surface area contributed by atoms with Gasteiger partial charge in [0.05, 0.1) is 5.69 Å². The Kier molecular flexibility index (Phi) is 3.88. The van der Waals surface area contributed by atoms with Gasteiger partial charge in [0, 0.05) is 22.0 Å². The standard InChI is InChI=1S/C15H14BrN3O2/c1-9-13(10(2)21-19-9)7-8-14-17-18-15(20-14)11-3-5-12(16)6-4-11/h3-6H,7-8H2,1-2H3. The summed E-state index contributed by atoms with van der Waals surface area (Å²) in [5, 5.41) is 12.1. The van der Waals surface area contributed by atoms with Crippen LogP contribution >= 0.6 is 15.9 Å². The molecule has 0 N–H and O–H groups in total. The molecular weight excluding hydrogens is 334 g/mol. The fourth-order valence-electron chi connectivity index (χ4n) is 2.15. The van der Waals surface area contributed by atoms with Crippen LogP contribution in [0.1, 0.15) is 22.9 Å². The average molecular weight is 348 g/mol. The van der Waals surface area contributed by atoms with Gasteiger partial charge in [-0.05, 0) is 44.5 Å². The third-order valence-corrected chi connectivity index (χ3v) is 3.86. The molecule has 0 radical (unpaired) electrons. The fraction of sp³-hybridized carbons (Fsp3) is 0.267. The Bertz CT molecular complexity index is 727. The van der Waals surface area contributed by atoms with E-state index in [1.807, 2.05) is 38.1 Å². The van der Waals surface area contributed by atoms with Gasteiger partial charge in [0.2, 0.25) is 11.8 Å². The number of aryl methyl sites for hydroxylation is 3. The third kappa shape index (κ3) is 3.05. The molecule has 108 valence electrons. The van der Waals surface area contributed by atoms with E-state index in [2.05, 4.69) is 31.3 Å². The maximum absolute atomic E-state index is 5.70. The minimum absolute atomic E-state index is 0.538. The summed E-state index contributed by atoms with van der Waals surface area (Å²) in [4.78, 5) is 0. The van der Waals surface area contributed by atoms with E-state index < -0.39 is 0 Å². The first-order valence-electron chi connectivity index (χ1n) is 6.63. The molecule has 0 atom stereocenters. The van der Waals surface area contributed by atoms with E-state index in [9.17, 15) is 0 Å².